The molecule has 38 heavy (non-hydrogen) atoms. The molecule has 2 aliphatic heterocycles. The number of fused-ring (bicyclic) bond motifs is 2. The van der Waals surface area contributed by atoms with Gasteiger partial charge in [0.05, 0.1) is 15.7 Å². The maximum atomic E-state index is 13.7. The van der Waals surface area contributed by atoms with Gasteiger partial charge in [0, 0.05) is 18.4 Å². The fourth-order valence-corrected chi connectivity index (χ4v) is 5.05. The van der Waals surface area contributed by atoms with Crippen LogP contribution in [0.1, 0.15) is 21.5 Å². The molecule has 1 amide bonds. The molecule has 2 N–H and O–H groups in total. The zero-order valence-electron chi connectivity index (χ0n) is 18.8. The lowest BCUT2D eigenvalue weighted by Crippen LogP contribution is -2.65. The molecule has 0 unspecified atom stereocenters. The molecule has 0 fully saturated rings. The minimum atomic E-state index is -5.62. The average molecular weight is 578 g/mol. The van der Waals surface area contributed by atoms with E-state index in [2.05, 4.69) is 15.3 Å². The van der Waals surface area contributed by atoms with Gasteiger partial charge >= 0.3 is 12.4 Å². The SMILES string of the molecule is O=C1c2cnc(Nc3ccc4c(c3)CCNC4(C(F)(F)F)C(F)(F)F)nc2OCN1c1c(Cl)cccc1Cl. The number of hydrogen-bond donors (Lipinski definition) is 2. The van der Waals surface area contributed by atoms with Crippen molar-refractivity contribution in [3.8, 4) is 5.88 Å². The molecular formula is C23H15Cl2F6N5O2. The lowest BCUT2D eigenvalue weighted by atomic mass is 9.80. The maximum absolute atomic E-state index is 13.7. The number of carbonyl (C=O) groups excluding carboxylic acids is 1. The zero-order chi connectivity index (χ0) is 27.5. The van der Waals surface area contributed by atoms with Gasteiger partial charge in [-0.15, -0.1) is 0 Å². The van der Waals surface area contributed by atoms with E-state index in [9.17, 15) is 31.1 Å². The second-order valence-corrected chi connectivity index (χ2v) is 9.22. The maximum Gasteiger partial charge on any atom is 0.419 e. The third kappa shape index (κ3) is 4.18. The van der Waals surface area contributed by atoms with Crippen molar-refractivity contribution in [3.63, 3.8) is 0 Å². The monoisotopic (exact) mass is 577 g/mol. The molecule has 3 heterocycles. The van der Waals surface area contributed by atoms with E-state index in [1.165, 1.54) is 17.2 Å². The summed E-state index contributed by atoms with van der Waals surface area (Å²) in [5, 5.41) is 4.81. The van der Waals surface area contributed by atoms with Crippen LogP contribution < -0.4 is 20.3 Å². The Bertz CT molecular complexity index is 1400. The van der Waals surface area contributed by atoms with Crippen LogP contribution in [0.25, 0.3) is 0 Å². The van der Waals surface area contributed by atoms with Gasteiger partial charge in [-0.3, -0.25) is 15.0 Å². The summed E-state index contributed by atoms with van der Waals surface area (Å²) in [5.74, 6) is -0.709. The second-order valence-electron chi connectivity index (χ2n) is 8.41. The number of nitrogens with one attached hydrogen (secondary N) is 2. The molecule has 0 aliphatic carbocycles. The summed E-state index contributed by atoms with van der Waals surface area (Å²) in [5.41, 5.74) is -4.86. The van der Waals surface area contributed by atoms with Crippen LogP contribution in [0.5, 0.6) is 5.88 Å². The average Bonchev–Trinajstić information content (AvgIpc) is 2.83. The van der Waals surface area contributed by atoms with Crippen molar-refractivity contribution in [2.45, 2.75) is 24.3 Å². The van der Waals surface area contributed by atoms with Crippen molar-refractivity contribution in [1.29, 1.82) is 0 Å². The fourth-order valence-electron chi connectivity index (χ4n) is 4.45. The van der Waals surface area contributed by atoms with Crippen molar-refractivity contribution in [1.82, 2.24) is 15.3 Å². The minimum absolute atomic E-state index is 0.00515. The summed E-state index contributed by atoms with van der Waals surface area (Å²) in [7, 11) is 0. The molecule has 3 aromatic rings. The van der Waals surface area contributed by atoms with Gasteiger partial charge in [-0.2, -0.15) is 31.3 Å². The zero-order valence-corrected chi connectivity index (χ0v) is 20.4. The van der Waals surface area contributed by atoms with Crippen LogP contribution in [0.15, 0.2) is 42.6 Å². The van der Waals surface area contributed by atoms with Crippen molar-refractivity contribution >= 4 is 46.4 Å². The van der Waals surface area contributed by atoms with Crippen molar-refractivity contribution < 1.29 is 35.9 Å². The van der Waals surface area contributed by atoms with E-state index >= 15 is 0 Å². The number of aromatic nitrogens is 2. The normalized spacial score (nSPS) is 16.9. The number of nitrogens with zero attached hydrogens (tertiary/aromatic N) is 3. The Labute approximate surface area is 220 Å². The minimum Gasteiger partial charge on any atom is -0.455 e. The Morgan fingerprint density at radius 1 is 1.05 bits per heavy atom. The number of anilines is 3. The molecule has 0 saturated carbocycles. The van der Waals surface area contributed by atoms with Gasteiger partial charge in [-0.05, 0) is 41.8 Å². The first kappa shape index (κ1) is 26.3. The topological polar surface area (TPSA) is 79.4 Å². The predicted molar refractivity (Wildman–Crippen MR) is 126 cm³/mol. The molecule has 0 atom stereocenters. The first-order valence-corrected chi connectivity index (χ1v) is 11.6. The van der Waals surface area contributed by atoms with Gasteiger partial charge in [0.15, 0.2) is 6.73 Å². The highest BCUT2D eigenvalue weighted by Crippen LogP contribution is 2.52. The van der Waals surface area contributed by atoms with Gasteiger partial charge in [0.2, 0.25) is 17.4 Å². The van der Waals surface area contributed by atoms with E-state index in [0.717, 1.165) is 12.1 Å². The van der Waals surface area contributed by atoms with Gasteiger partial charge in [0.1, 0.15) is 5.56 Å². The highest BCUT2D eigenvalue weighted by atomic mass is 35.5. The van der Waals surface area contributed by atoms with Crippen molar-refractivity contribution in [2.75, 3.05) is 23.5 Å². The number of halogens is 8. The van der Waals surface area contributed by atoms with Crippen LogP contribution in [0.3, 0.4) is 0 Å². The molecule has 7 nitrogen and oxygen atoms in total. The summed E-state index contributed by atoms with van der Waals surface area (Å²) in [4.78, 5) is 22.4. The van der Waals surface area contributed by atoms with Gasteiger partial charge in [-0.25, -0.2) is 4.98 Å². The first-order chi connectivity index (χ1) is 17.8. The second kappa shape index (κ2) is 9.17. The number of alkyl halides is 6. The number of hydrogen-bond acceptors (Lipinski definition) is 6. The third-order valence-corrected chi connectivity index (χ3v) is 6.78. The van der Waals surface area contributed by atoms with Gasteiger partial charge < -0.3 is 10.1 Å². The van der Waals surface area contributed by atoms with Crippen molar-refractivity contribution in [2.24, 2.45) is 0 Å². The van der Waals surface area contributed by atoms with E-state index < -0.39 is 35.9 Å². The molecule has 0 bridgehead atoms. The molecule has 200 valence electrons. The van der Waals surface area contributed by atoms with E-state index in [-0.39, 0.29) is 57.5 Å². The molecule has 15 heteroatoms. The van der Waals surface area contributed by atoms with E-state index in [1.54, 1.807) is 23.5 Å². The van der Waals surface area contributed by atoms with Crippen LogP contribution in [0.2, 0.25) is 10.0 Å². The van der Waals surface area contributed by atoms with Crippen LogP contribution in [0, 0.1) is 0 Å². The molecule has 0 radical (unpaired) electrons. The Balaban J connectivity index is 1.42. The Morgan fingerprint density at radius 2 is 1.74 bits per heavy atom. The van der Waals surface area contributed by atoms with Crippen molar-refractivity contribution in [3.05, 3.63) is 69.3 Å². The number of ether oxygens (including phenoxy) is 1. The predicted octanol–water partition coefficient (Wildman–Crippen LogP) is 5.99. The number of carbonyl (C=O) groups is 1. The number of para-hydroxylation sites is 1. The first-order valence-electron chi connectivity index (χ1n) is 10.9. The Kier molecular flexibility index (Phi) is 6.35. The molecule has 2 aliphatic rings. The van der Waals surface area contributed by atoms with Crippen LogP contribution in [-0.2, 0) is 12.0 Å². The lowest BCUT2D eigenvalue weighted by Gasteiger charge is -2.42. The molecule has 5 rings (SSSR count). The lowest BCUT2D eigenvalue weighted by molar-refractivity contribution is -0.315. The van der Waals surface area contributed by atoms with E-state index in [4.69, 9.17) is 27.9 Å². The fraction of sp³-hybridized carbons (Fsp3) is 0.261. The molecule has 0 spiro atoms. The smallest absolute Gasteiger partial charge is 0.419 e. The molecule has 2 aromatic carbocycles. The molecule has 0 saturated heterocycles. The van der Waals surface area contributed by atoms with Gasteiger partial charge in [0.25, 0.3) is 5.91 Å². The quantitative estimate of drug-likeness (QED) is 0.372. The summed E-state index contributed by atoms with van der Waals surface area (Å²) >= 11 is 12.4. The number of rotatable bonds is 3. The highest BCUT2D eigenvalue weighted by molar-refractivity contribution is 6.40. The Morgan fingerprint density at radius 3 is 2.39 bits per heavy atom. The largest absolute Gasteiger partial charge is 0.455 e. The van der Waals surface area contributed by atoms with E-state index in [1.807, 2.05) is 0 Å². The standard InChI is InChI=1S/C23H15Cl2F6N5O2/c24-15-2-1-3-16(25)17(15)36-10-38-18-13(19(36)37)9-32-20(35-18)34-12-4-5-14-11(8-12)6-7-33-21(14,22(26,27)28)23(29,30)31/h1-5,8-9,33H,6-7,10H2,(H,32,34,35). The van der Waals surface area contributed by atoms with Crippen LogP contribution >= 0.6 is 23.2 Å². The van der Waals surface area contributed by atoms with Crippen LogP contribution in [0.4, 0.5) is 43.7 Å². The molecule has 1 aromatic heterocycles. The number of benzene rings is 2. The van der Waals surface area contributed by atoms with Crippen LogP contribution in [-0.4, -0.2) is 41.5 Å². The Hall–Kier alpha value is -3.29. The summed E-state index contributed by atoms with van der Waals surface area (Å²) in [6.45, 7) is -0.804. The molecular weight excluding hydrogens is 563 g/mol. The van der Waals surface area contributed by atoms with E-state index in [0.29, 0.717) is 0 Å². The highest BCUT2D eigenvalue weighted by Gasteiger charge is 2.72. The number of amides is 1. The summed E-state index contributed by atoms with van der Waals surface area (Å²) < 4.78 is 87.9. The van der Waals surface area contributed by atoms with Gasteiger partial charge in [-0.1, -0.05) is 35.3 Å². The summed E-state index contributed by atoms with van der Waals surface area (Å²) in [6, 6.07) is 7.73. The third-order valence-electron chi connectivity index (χ3n) is 6.17. The summed E-state index contributed by atoms with van der Waals surface area (Å²) in [6.07, 6.45) is -10.1.